The molecular weight excluding hydrogens is 226 g/mol. The lowest BCUT2D eigenvalue weighted by atomic mass is 10.1. The predicted octanol–water partition coefficient (Wildman–Crippen LogP) is 1.79. The van der Waals surface area contributed by atoms with Gasteiger partial charge < -0.3 is 15.0 Å². The predicted molar refractivity (Wildman–Crippen MR) is 71.6 cm³/mol. The molecule has 18 heavy (non-hydrogen) atoms. The summed E-state index contributed by atoms with van der Waals surface area (Å²) in [5.74, 6) is 1.90. The molecule has 0 aliphatic heterocycles. The van der Waals surface area contributed by atoms with E-state index in [1.807, 2.05) is 29.9 Å². The first-order valence-corrected chi connectivity index (χ1v) is 5.98. The molecule has 0 atom stereocenters. The van der Waals surface area contributed by atoms with E-state index in [4.69, 9.17) is 10.5 Å². The first kappa shape index (κ1) is 12.6. The molecule has 0 fully saturated rings. The third kappa shape index (κ3) is 2.54. The third-order valence-corrected chi connectivity index (χ3v) is 3.02. The number of aromatic nitrogens is 2. The van der Waals surface area contributed by atoms with E-state index in [2.05, 4.69) is 18.0 Å². The van der Waals surface area contributed by atoms with Crippen molar-refractivity contribution >= 4 is 0 Å². The van der Waals surface area contributed by atoms with Crippen LogP contribution >= 0.6 is 0 Å². The molecular formula is C14H19N3O. The molecule has 0 aliphatic rings. The van der Waals surface area contributed by atoms with Crippen LogP contribution < -0.4 is 10.5 Å². The van der Waals surface area contributed by atoms with E-state index in [1.165, 1.54) is 5.56 Å². The molecule has 2 aromatic rings. The van der Waals surface area contributed by atoms with E-state index in [0.29, 0.717) is 6.54 Å². The molecule has 0 bridgehead atoms. The summed E-state index contributed by atoms with van der Waals surface area (Å²) >= 11 is 0. The molecule has 2 rings (SSSR count). The molecule has 0 aliphatic carbocycles. The number of ether oxygens (including phenoxy) is 1. The van der Waals surface area contributed by atoms with Gasteiger partial charge in [0.25, 0.3) is 0 Å². The van der Waals surface area contributed by atoms with Crippen molar-refractivity contribution in [2.45, 2.75) is 19.9 Å². The van der Waals surface area contributed by atoms with E-state index in [9.17, 15) is 0 Å². The molecule has 0 radical (unpaired) electrons. The highest BCUT2D eigenvalue weighted by atomic mass is 16.5. The van der Waals surface area contributed by atoms with Gasteiger partial charge in [0.05, 0.1) is 12.8 Å². The Balaban J connectivity index is 2.32. The van der Waals surface area contributed by atoms with Crippen molar-refractivity contribution in [3.05, 3.63) is 47.0 Å². The zero-order chi connectivity index (χ0) is 13.1. The second kappa shape index (κ2) is 5.23. The summed E-state index contributed by atoms with van der Waals surface area (Å²) in [6.07, 6.45) is 2.72. The maximum Gasteiger partial charge on any atom is 0.122 e. The second-order valence-corrected chi connectivity index (χ2v) is 4.46. The van der Waals surface area contributed by atoms with Crippen LogP contribution in [-0.2, 0) is 20.0 Å². The van der Waals surface area contributed by atoms with E-state index in [-0.39, 0.29) is 0 Å². The Morgan fingerprint density at radius 2 is 2.17 bits per heavy atom. The van der Waals surface area contributed by atoms with Gasteiger partial charge in [0.15, 0.2) is 0 Å². The molecule has 0 saturated carbocycles. The van der Waals surface area contributed by atoms with Crippen molar-refractivity contribution in [1.29, 1.82) is 0 Å². The molecule has 2 N–H and O–H groups in total. The number of methoxy groups -OCH3 is 1. The summed E-state index contributed by atoms with van der Waals surface area (Å²) in [4.78, 5) is 4.51. The van der Waals surface area contributed by atoms with Gasteiger partial charge in [-0.05, 0) is 13.0 Å². The van der Waals surface area contributed by atoms with Crippen LogP contribution in [-0.4, -0.2) is 16.7 Å². The van der Waals surface area contributed by atoms with Crippen molar-refractivity contribution < 1.29 is 4.74 Å². The highest BCUT2D eigenvalue weighted by Gasteiger charge is 2.09. The van der Waals surface area contributed by atoms with Gasteiger partial charge in [-0.1, -0.05) is 17.7 Å². The Morgan fingerprint density at radius 3 is 2.78 bits per heavy atom. The van der Waals surface area contributed by atoms with E-state index < -0.39 is 0 Å². The summed E-state index contributed by atoms with van der Waals surface area (Å²) in [6, 6.07) is 6.18. The van der Waals surface area contributed by atoms with Crippen LogP contribution in [0.3, 0.4) is 0 Å². The Bertz CT molecular complexity index is 546. The molecule has 0 amide bonds. The van der Waals surface area contributed by atoms with Crippen molar-refractivity contribution in [2.75, 3.05) is 7.11 Å². The largest absolute Gasteiger partial charge is 0.496 e. The SMILES string of the molecule is COc1ccc(C)cc1Cc1nc(CN)cn1C. The molecule has 0 saturated heterocycles. The topological polar surface area (TPSA) is 53.1 Å². The average Bonchev–Trinajstić information content (AvgIpc) is 2.71. The molecule has 0 unspecified atom stereocenters. The van der Waals surface area contributed by atoms with Gasteiger partial charge in [-0.3, -0.25) is 0 Å². The number of benzene rings is 1. The number of aryl methyl sites for hydroxylation is 2. The van der Waals surface area contributed by atoms with Gasteiger partial charge in [-0.2, -0.15) is 0 Å². The first-order chi connectivity index (χ1) is 8.63. The molecule has 1 aromatic carbocycles. The number of hydrogen-bond acceptors (Lipinski definition) is 3. The minimum absolute atomic E-state index is 0.471. The highest BCUT2D eigenvalue weighted by molar-refractivity contribution is 5.38. The van der Waals surface area contributed by atoms with E-state index >= 15 is 0 Å². The molecule has 1 aromatic heterocycles. The quantitative estimate of drug-likeness (QED) is 0.893. The lowest BCUT2D eigenvalue weighted by Crippen LogP contribution is -2.01. The lowest BCUT2D eigenvalue weighted by Gasteiger charge is -2.09. The Hall–Kier alpha value is -1.81. The zero-order valence-corrected chi connectivity index (χ0v) is 11.1. The molecule has 4 heteroatoms. The summed E-state index contributed by atoms with van der Waals surface area (Å²) < 4.78 is 7.40. The van der Waals surface area contributed by atoms with Crippen LogP contribution in [0.5, 0.6) is 5.75 Å². The first-order valence-electron chi connectivity index (χ1n) is 5.98. The summed E-state index contributed by atoms with van der Waals surface area (Å²) in [5.41, 5.74) is 8.89. The Morgan fingerprint density at radius 1 is 1.39 bits per heavy atom. The zero-order valence-electron chi connectivity index (χ0n) is 11.1. The van der Waals surface area contributed by atoms with Gasteiger partial charge in [-0.25, -0.2) is 4.98 Å². The fraction of sp³-hybridized carbons (Fsp3) is 0.357. The third-order valence-electron chi connectivity index (χ3n) is 3.02. The highest BCUT2D eigenvalue weighted by Crippen LogP contribution is 2.22. The van der Waals surface area contributed by atoms with Crippen LogP contribution in [0.25, 0.3) is 0 Å². The number of nitrogens with two attached hydrogens (primary N) is 1. The number of hydrogen-bond donors (Lipinski definition) is 1. The lowest BCUT2D eigenvalue weighted by molar-refractivity contribution is 0.410. The van der Waals surface area contributed by atoms with Crippen molar-refractivity contribution in [3.8, 4) is 5.75 Å². The van der Waals surface area contributed by atoms with Crippen LogP contribution in [0, 0.1) is 6.92 Å². The van der Waals surface area contributed by atoms with Crippen molar-refractivity contribution in [1.82, 2.24) is 9.55 Å². The average molecular weight is 245 g/mol. The number of imidazole rings is 1. The van der Waals surface area contributed by atoms with Crippen LogP contribution in [0.1, 0.15) is 22.6 Å². The molecule has 1 heterocycles. The van der Waals surface area contributed by atoms with Crippen LogP contribution in [0.2, 0.25) is 0 Å². The standard InChI is InChI=1S/C14H19N3O/c1-10-4-5-13(18-3)11(6-10)7-14-16-12(8-15)9-17(14)2/h4-6,9H,7-8,15H2,1-3H3. The van der Waals surface area contributed by atoms with Crippen LogP contribution in [0.4, 0.5) is 0 Å². The minimum Gasteiger partial charge on any atom is -0.496 e. The second-order valence-electron chi connectivity index (χ2n) is 4.46. The maximum absolute atomic E-state index is 5.61. The van der Waals surface area contributed by atoms with Gasteiger partial charge in [0.1, 0.15) is 11.6 Å². The van der Waals surface area contributed by atoms with E-state index in [0.717, 1.165) is 29.3 Å². The van der Waals surface area contributed by atoms with Gasteiger partial charge in [0.2, 0.25) is 0 Å². The normalized spacial score (nSPS) is 10.7. The smallest absolute Gasteiger partial charge is 0.122 e. The molecule has 4 nitrogen and oxygen atoms in total. The Labute approximate surface area is 107 Å². The fourth-order valence-electron chi connectivity index (χ4n) is 2.05. The minimum atomic E-state index is 0.471. The summed E-state index contributed by atoms with van der Waals surface area (Å²) in [7, 11) is 3.68. The monoisotopic (exact) mass is 245 g/mol. The maximum atomic E-state index is 5.61. The summed E-state index contributed by atoms with van der Waals surface area (Å²) in [6.45, 7) is 2.55. The number of rotatable bonds is 4. The van der Waals surface area contributed by atoms with Gasteiger partial charge in [-0.15, -0.1) is 0 Å². The van der Waals surface area contributed by atoms with Crippen molar-refractivity contribution in [3.63, 3.8) is 0 Å². The van der Waals surface area contributed by atoms with Gasteiger partial charge >= 0.3 is 0 Å². The van der Waals surface area contributed by atoms with Gasteiger partial charge in [0, 0.05) is 31.8 Å². The van der Waals surface area contributed by atoms with Crippen LogP contribution in [0.15, 0.2) is 24.4 Å². The molecule has 96 valence electrons. The summed E-state index contributed by atoms with van der Waals surface area (Å²) in [5, 5.41) is 0. The number of nitrogens with zero attached hydrogens (tertiary/aromatic N) is 2. The van der Waals surface area contributed by atoms with E-state index in [1.54, 1.807) is 7.11 Å². The Kier molecular flexibility index (Phi) is 3.67. The molecule has 0 spiro atoms. The fourth-order valence-corrected chi connectivity index (χ4v) is 2.05. The van der Waals surface area contributed by atoms with Crippen molar-refractivity contribution in [2.24, 2.45) is 12.8 Å².